The molecule has 0 heterocycles. The highest BCUT2D eigenvalue weighted by Gasteiger charge is 2.63. The van der Waals surface area contributed by atoms with E-state index in [0.717, 1.165) is 25.7 Å². The Bertz CT molecular complexity index is 350. The molecule has 2 saturated carbocycles. The van der Waals surface area contributed by atoms with Gasteiger partial charge in [0.1, 0.15) is 5.41 Å². The fraction of sp³-hybridized carbons (Fsp3) is 0.867. The summed E-state index contributed by atoms with van der Waals surface area (Å²) in [4.78, 5) is 25.0. The van der Waals surface area contributed by atoms with Crippen LogP contribution in [0.4, 0.5) is 0 Å². The average Bonchev–Trinajstić information content (AvgIpc) is 2.66. The Morgan fingerprint density at radius 2 is 2.00 bits per heavy atom. The molecule has 3 heteroatoms. The predicted molar refractivity (Wildman–Crippen MR) is 69.0 cm³/mol. The van der Waals surface area contributed by atoms with E-state index in [1.807, 2.05) is 6.92 Å². The van der Waals surface area contributed by atoms with E-state index in [1.165, 1.54) is 13.5 Å². The first-order valence-corrected chi connectivity index (χ1v) is 7.26. The minimum Gasteiger partial charge on any atom is -0.468 e. The van der Waals surface area contributed by atoms with Crippen LogP contribution in [0.15, 0.2) is 0 Å². The van der Waals surface area contributed by atoms with Crippen LogP contribution in [0.5, 0.6) is 0 Å². The zero-order valence-corrected chi connectivity index (χ0v) is 11.7. The Kier molecular flexibility index (Phi) is 3.79. The van der Waals surface area contributed by atoms with Gasteiger partial charge in [-0.3, -0.25) is 9.59 Å². The number of ketones is 1. The van der Waals surface area contributed by atoms with Crippen LogP contribution >= 0.6 is 0 Å². The first kappa shape index (κ1) is 13.6. The summed E-state index contributed by atoms with van der Waals surface area (Å²) >= 11 is 0. The standard InChI is InChI=1S/C15H24O3/c1-4-10-11-8-6-7-9-12(11)15(5-2,13(10)16)14(17)18-3/h10-12H,4-9H2,1-3H3/t10-,11-,12+,15-/m0/s1. The van der Waals surface area contributed by atoms with Crippen LogP contribution in [0.25, 0.3) is 0 Å². The van der Waals surface area contributed by atoms with Crippen LogP contribution in [-0.2, 0) is 14.3 Å². The van der Waals surface area contributed by atoms with E-state index in [2.05, 4.69) is 6.92 Å². The van der Waals surface area contributed by atoms with E-state index >= 15 is 0 Å². The lowest BCUT2D eigenvalue weighted by atomic mass is 9.67. The highest BCUT2D eigenvalue weighted by Crippen LogP contribution is 2.56. The monoisotopic (exact) mass is 252 g/mol. The SMILES string of the molecule is CC[C@@H]1C(=O)[C@@](CC)(C(=O)OC)[C@@H]2CCCC[C@@H]12. The number of carbonyl (C=O) groups is 2. The van der Waals surface area contributed by atoms with E-state index in [9.17, 15) is 9.59 Å². The van der Waals surface area contributed by atoms with Crippen molar-refractivity contribution < 1.29 is 14.3 Å². The number of ether oxygens (including phenoxy) is 1. The smallest absolute Gasteiger partial charge is 0.319 e. The molecule has 0 bridgehead atoms. The van der Waals surface area contributed by atoms with Crippen molar-refractivity contribution in [2.45, 2.75) is 52.4 Å². The van der Waals surface area contributed by atoms with Gasteiger partial charge in [-0.15, -0.1) is 0 Å². The summed E-state index contributed by atoms with van der Waals surface area (Å²) in [5, 5.41) is 0. The molecule has 2 aliphatic rings. The molecule has 0 amide bonds. The Labute approximate surface area is 109 Å². The number of rotatable bonds is 3. The summed E-state index contributed by atoms with van der Waals surface area (Å²) in [6, 6.07) is 0. The molecule has 0 saturated heterocycles. The molecule has 0 spiro atoms. The second kappa shape index (κ2) is 5.02. The van der Waals surface area contributed by atoms with Crippen LogP contribution in [0.2, 0.25) is 0 Å². The minimum absolute atomic E-state index is 0.0781. The molecule has 2 aliphatic carbocycles. The summed E-state index contributed by atoms with van der Waals surface area (Å²) in [7, 11) is 1.41. The molecular weight excluding hydrogens is 228 g/mol. The zero-order valence-electron chi connectivity index (χ0n) is 11.7. The molecule has 3 nitrogen and oxygen atoms in total. The van der Waals surface area contributed by atoms with Crippen LogP contribution in [0.1, 0.15) is 52.4 Å². The van der Waals surface area contributed by atoms with Crippen molar-refractivity contribution in [2.24, 2.45) is 23.2 Å². The van der Waals surface area contributed by atoms with E-state index < -0.39 is 5.41 Å². The highest BCUT2D eigenvalue weighted by atomic mass is 16.5. The van der Waals surface area contributed by atoms with Crippen molar-refractivity contribution >= 4 is 11.8 Å². The summed E-state index contributed by atoms with van der Waals surface area (Å²) in [6.07, 6.45) is 5.91. The molecule has 0 aromatic carbocycles. The van der Waals surface area contributed by atoms with Gasteiger partial charge in [-0.2, -0.15) is 0 Å². The second-order valence-corrected chi connectivity index (χ2v) is 5.75. The van der Waals surface area contributed by atoms with Gasteiger partial charge >= 0.3 is 5.97 Å². The molecule has 2 fully saturated rings. The third kappa shape index (κ3) is 1.63. The van der Waals surface area contributed by atoms with Crippen molar-refractivity contribution in [3.63, 3.8) is 0 Å². The Morgan fingerprint density at radius 1 is 1.33 bits per heavy atom. The number of carbonyl (C=O) groups excluding carboxylic acids is 2. The quantitative estimate of drug-likeness (QED) is 0.573. The van der Waals surface area contributed by atoms with Crippen molar-refractivity contribution in [2.75, 3.05) is 7.11 Å². The average molecular weight is 252 g/mol. The molecular formula is C15H24O3. The molecule has 0 aliphatic heterocycles. The summed E-state index contributed by atoms with van der Waals surface area (Å²) in [6.45, 7) is 4.02. The fourth-order valence-electron chi connectivity index (χ4n) is 4.46. The maximum absolute atomic E-state index is 12.8. The molecule has 0 aromatic rings. The third-order valence-electron chi connectivity index (χ3n) is 5.29. The first-order chi connectivity index (χ1) is 8.63. The van der Waals surface area contributed by atoms with Gasteiger partial charge < -0.3 is 4.74 Å². The van der Waals surface area contributed by atoms with Crippen LogP contribution in [0, 0.1) is 23.2 Å². The molecule has 0 unspecified atom stereocenters. The van der Waals surface area contributed by atoms with Gasteiger partial charge in [0.05, 0.1) is 7.11 Å². The number of Topliss-reactive ketones (excluding diaryl/α,β-unsaturated/α-hetero) is 1. The van der Waals surface area contributed by atoms with Crippen LogP contribution < -0.4 is 0 Å². The lowest BCUT2D eigenvalue weighted by Gasteiger charge is -2.35. The van der Waals surface area contributed by atoms with Crippen LogP contribution in [0.3, 0.4) is 0 Å². The lowest BCUT2D eigenvalue weighted by Crippen LogP contribution is -2.43. The molecule has 18 heavy (non-hydrogen) atoms. The van der Waals surface area contributed by atoms with Gasteiger partial charge in [0.15, 0.2) is 5.78 Å². The maximum atomic E-state index is 12.8. The molecule has 4 atom stereocenters. The fourth-order valence-corrected chi connectivity index (χ4v) is 4.46. The molecule has 0 radical (unpaired) electrons. The van der Waals surface area contributed by atoms with Gasteiger partial charge in [-0.1, -0.05) is 26.7 Å². The van der Waals surface area contributed by atoms with Crippen LogP contribution in [-0.4, -0.2) is 18.9 Å². The first-order valence-electron chi connectivity index (χ1n) is 7.26. The molecule has 0 aromatic heterocycles. The van der Waals surface area contributed by atoms with Crippen molar-refractivity contribution in [3.8, 4) is 0 Å². The van der Waals surface area contributed by atoms with E-state index in [4.69, 9.17) is 4.74 Å². The van der Waals surface area contributed by atoms with Gasteiger partial charge in [0.25, 0.3) is 0 Å². The van der Waals surface area contributed by atoms with Crippen molar-refractivity contribution in [1.82, 2.24) is 0 Å². The highest BCUT2D eigenvalue weighted by molar-refractivity contribution is 6.07. The van der Waals surface area contributed by atoms with E-state index in [-0.39, 0.29) is 23.6 Å². The molecule has 0 N–H and O–H groups in total. The largest absolute Gasteiger partial charge is 0.468 e. The van der Waals surface area contributed by atoms with Crippen molar-refractivity contribution in [1.29, 1.82) is 0 Å². The maximum Gasteiger partial charge on any atom is 0.319 e. The molecule has 102 valence electrons. The Hall–Kier alpha value is -0.860. The van der Waals surface area contributed by atoms with Gasteiger partial charge in [0.2, 0.25) is 0 Å². The van der Waals surface area contributed by atoms with Crippen molar-refractivity contribution in [3.05, 3.63) is 0 Å². The number of hydrogen-bond donors (Lipinski definition) is 0. The van der Waals surface area contributed by atoms with Gasteiger partial charge in [-0.05, 0) is 37.5 Å². The number of fused-ring (bicyclic) bond motifs is 1. The number of hydrogen-bond acceptors (Lipinski definition) is 3. The van der Waals surface area contributed by atoms with E-state index in [1.54, 1.807) is 0 Å². The zero-order chi connectivity index (χ0) is 13.3. The number of methoxy groups -OCH3 is 1. The summed E-state index contributed by atoms with van der Waals surface area (Å²) in [5.74, 6) is 0.588. The minimum atomic E-state index is -0.833. The second-order valence-electron chi connectivity index (χ2n) is 5.75. The normalized spacial score (nSPS) is 39.5. The van der Waals surface area contributed by atoms with Gasteiger partial charge in [-0.25, -0.2) is 0 Å². The third-order valence-corrected chi connectivity index (χ3v) is 5.29. The lowest BCUT2D eigenvalue weighted by molar-refractivity contribution is -0.160. The van der Waals surface area contributed by atoms with E-state index in [0.29, 0.717) is 12.3 Å². The Balaban J connectivity index is 2.44. The predicted octanol–water partition coefficient (Wildman–Crippen LogP) is 2.97. The Morgan fingerprint density at radius 3 is 2.56 bits per heavy atom. The summed E-state index contributed by atoms with van der Waals surface area (Å²) in [5.41, 5.74) is -0.833. The molecule has 2 rings (SSSR count). The number of esters is 1. The topological polar surface area (TPSA) is 43.4 Å². The van der Waals surface area contributed by atoms with Gasteiger partial charge in [0, 0.05) is 5.92 Å². The summed E-state index contributed by atoms with van der Waals surface area (Å²) < 4.78 is 4.98.